The molecule has 0 bridgehead atoms. The van der Waals surface area contributed by atoms with Gasteiger partial charge in [0.1, 0.15) is 12.2 Å². The normalized spacial score (nSPS) is 22.7. The number of likely N-dealkylation sites (N-methyl/N-ethyl adjacent to an activating group) is 1. The standard InChI is InChI=1S/C23H20Cl2N2O3/c1-27-19(14-2-6-17(24)7-3-14)21(16-4-8-18(25)9-5-16)30-22(23(27)29)20(28)15-10-12-26-13-11-15/h2-13,19-22,28H,1H3/t19-,20-,21+,22?/m1/s1. The summed E-state index contributed by atoms with van der Waals surface area (Å²) in [6.07, 6.45) is 0.462. The van der Waals surface area contributed by atoms with Gasteiger partial charge in [-0.15, -0.1) is 0 Å². The van der Waals surface area contributed by atoms with Crippen LogP contribution in [0.5, 0.6) is 0 Å². The second-order valence-electron chi connectivity index (χ2n) is 7.20. The van der Waals surface area contributed by atoms with Crippen LogP contribution in [0.15, 0.2) is 73.1 Å². The Hall–Kier alpha value is -2.44. The Morgan fingerprint density at radius 1 is 0.933 bits per heavy atom. The van der Waals surface area contributed by atoms with Crippen molar-refractivity contribution in [1.82, 2.24) is 9.88 Å². The minimum absolute atomic E-state index is 0.301. The Morgan fingerprint density at radius 3 is 2.03 bits per heavy atom. The molecule has 1 unspecified atom stereocenters. The number of amides is 1. The minimum Gasteiger partial charge on any atom is -0.385 e. The predicted molar refractivity (Wildman–Crippen MR) is 115 cm³/mol. The molecule has 1 aromatic heterocycles. The van der Waals surface area contributed by atoms with Crippen LogP contribution in [0, 0.1) is 0 Å². The van der Waals surface area contributed by atoms with Crippen molar-refractivity contribution in [3.8, 4) is 0 Å². The molecule has 0 saturated carbocycles. The molecule has 7 heteroatoms. The molecule has 30 heavy (non-hydrogen) atoms. The summed E-state index contributed by atoms with van der Waals surface area (Å²) < 4.78 is 6.27. The maximum absolute atomic E-state index is 13.2. The van der Waals surface area contributed by atoms with E-state index in [1.54, 1.807) is 60.7 Å². The fraction of sp³-hybridized carbons (Fsp3) is 0.217. The summed E-state index contributed by atoms with van der Waals surface area (Å²) in [5, 5.41) is 12.1. The van der Waals surface area contributed by atoms with Crippen LogP contribution in [0.1, 0.15) is 34.9 Å². The Labute approximate surface area is 184 Å². The van der Waals surface area contributed by atoms with Gasteiger partial charge in [0.25, 0.3) is 5.91 Å². The Balaban J connectivity index is 1.74. The summed E-state index contributed by atoms with van der Waals surface area (Å²) >= 11 is 12.1. The number of pyridine rings is 1. The van der Waals surface area contributed by atoms with Gasteiger partial charge < -0.3 is 14.7 Å². The highest BCUT2D eigenvalue weighted by Crippen LogP contribution is 2.43. The van der Waals surface area contributed by atoms with E-state index in [2.05, 4.69) is 4.98 Å². The number of aliphatic hydroxyl groups is 1. The van der Waals surface area contributed by atoms with E-state index < -0.39 is 24.4 Å². The third kappa shape index (κ3) is 4.07. The third-order valence-corrected chi connectivity index (χ3v) is 5.84. The monoisotopic (exact) mass is 442 g/mol. The maximum atomic E-state index is 13.2. The highest BCUT2D eigenvalue weighted by Gasteiger charge is 2.45. The van der Waals surface area contributed by atoms with Crippen molar-refractivity contribution < 1.29 is 14.6 Å². The molecular weight excluding hydrogens is 423 g/mol. The Morgan fingerprint density at radius 2 is 1.47 bits per heavy atom. The van der Waals surface area contributed by atoms with Crippen molar-refractivity contribution >= 4 is 29.1 Å². The largest absolute Gasteiger partial charge is 0.385 e. The molecule has 2 heterocycles. The number of hydrogen-bond acceptors (Lipinski definition) is 4. The second kappa shape index (κ2) is 8.74. The number of rotatable bonds is 4. The maximum Gasteiger partial charge on any atom is 0.255 e. The second-order valence-corrected chi connectivity index (χ2v) is 8.07. The molecule has 2 aromatic carbocycles. The quantitative estimate of drug-likeness (QED) is 0.632. The van der Waals surface area contributed by atoms with Gasteiger partial charge in [-0.1, -0.05) is 47.5 Å². The highest BCUT2D eigenvalue weighted by atomic mass is 35.5. The lowest BCUT2D eigenvalue weighted by Crippen LogP contribution is -2.51. The van der Waals surface area contributed by atoms with Crippen molar-refractivity contribution in [3.05, 3.63) is 99.8 Å². The molecule has 0 radical (unpaired) electrons. The number of benzene rings is 2. The Bertz CT molecular complexity index is 1010. The summed E-state index contributed by atoms with van der Waals surface area (Å²) in [7, 11) is 1.72. The van der Waals surface area contributed by atoms with Gasteiger partial charge in [0.2, 0.25) is 0 Å². The van der Waals surface area contributed by atoms with Gasteiger partial charge in [-0.3, -0.25) is 9.78 Å². The van der Waals surface area contributed by atoms with Crippen molar-refractivity contribution in [2.75, 3.05) is 7.05 Å². The van der Waals surface area contributed by atoms with Gasteiger partial charge >= 0.3 is 0 Å². The van der Waals surface area contributed by atoms with Crippen LogP contribution in [0.2, 0.25) is 10.0 Å². The van der Waals surface area contributed by atoms with Gasteiger partial charge in [-0.05, 0) is 53.1 Å². The zero-order valence-corrected chi connectivity index (χ0v) is 17.7. The average Bonchev–Trinajstić information content (AvgIpc) is 2.77. The number of morpholine rings is 1. The molecule has 1 saturated heterocycles. The fourth-order valence-electron chi connectivity index (χ4n) is 3.75. The molecule has 1 aliphatic heterocycles. The molecule has 154 valence electrons. The first-order valence-corrected chi connectivity index (χ1v) is 10.2. The molecule has 0 aliphatic carbocycles. The summed E-state index contributed by atoms with van der Waals surface area (Å²) in [5.74, 6) is -0.301. The van der Waals surface area contributed by atoms with E-state index in [0.717, 1.165) is 11.1 Å². The van der Waals surface area contributed by atoms with E-state index in [1.807, 2.05) is 24.3 Å². The van der Waals surface area contributed by atoms with Gasteiger partial charge in [-0.25, -0.2) is 0 Å². The van der Waals surface area contributed by atoms with Crippen LogP contribution >= 0.6 is 23.2 Å². The zero-order chi connectivity index (χ0) is 21.3. The van der Waals surface area contributed by atoms with E-state index in [4.69, 9.17) is 27.9 Å². The summed E-state index contributed by atoms with van der Waals surface area (Å²) in [6.45, 7) is 0. The number of halogens is 2. The van der Waals surface area contributed by atoms with Gasteiger partial charge in [0.05, 0.1) is 6.04 Å². The summed E-state index contributed by atoms with van der Waals surface area (Å²) in [4.78, 5) is 18.8. The number of carbonyl (C=O) groups excluding carboxylic acids is 1. The molecule has 0 spiro atoms. The van der Waals surface area contributed by atoms with Crippen molar-refractivity contribution in [2.45, 2.75) is 24.4 Å². The first kappa shape index (κ1) is 20.8. The SMILES string of the molecule is CN1C(=O)C([C@H](O)c2ccncc2)O[C@@H](c2ccc(Cl)cc2)[C@H]1c1ccc(Cl)cc1. The molecule has 1 fully saturated rings. The first-order chi connectivity index (χ1) is 14.5. The van der Waals surface area contributed by atoms with Crippen LogP contribution < -0.4 is 0 Å². The van der Waals surface area contributed by atoms with Crippen molar-refractivity contribution in [2.24, 2.45) is 0 Å². The molecule has 1 aliphatic rings. The zero-order valence-electron chi connectivity index (χ0n) is 16.2. The average molecular weight is 443 g/mol. The highest BCUT2D eigenvalue weighted by molar-refractivity contribution is 6.30. The van der Waals surface area contributed by atoms with E-state index in [1.165, 1.54) is 0 Å². The molecule has 4 atom stereocenters. The molecule has 5 nitrogen and oxygen atoms in total. The van der Waals surface area contributed by atoms with Crippen LogP contribution in [0.25, 0.3) is 0 Å². The number of aromatic nitrogens is 1. The van der Waals surface area contributed by atoms with Crippen LogP contribution in [0.4, 0.5) is 0 Å². The van der Waals surface area contributed by atoms with E-state index in [9.17, 15) is 9.90 Å². The number of hydrogen-bond donors (Lipinski definition) is 1. The lowest BCUT2D eigenvalue weighted by Gasteiger charge is -2.44. The topological polar surface area (TPSA) is 62.7 Å². The Kier molecular flexibility index (Phi) is 6.06. The molecule has 4 rings (SSSR count). The van der Waals surface area contributed by atoms with E-state index >= 15 is 0 Å². The number of carbonyl (C=O) groups is 1. The molecule has 1 N–H and O–H groups in total. The van der Waals surface area contributed by atoms with Crippen LogP contribution in [-0.4, -0.2) is 34.0 Å². The first-order valence-electron chi connectivity index (χ1n) is 9.47. The van der Waals surface area contributed by atoms with Crippen LogP contribution in [-0.2, 0) is 9.53 Å². The lowest BCUT2D eigenvalue weighted by atomic mass is 9.90. The van der Waals surface area contributed by atoms with Gasteiger partial charge in [0.15, 0.2) is 6.10 Å². The van der Waals surface area contributed by atoms with E-state index in [-0.39, 0.29) is 5.91 Å². The fourth-order valence-corrected chi connectivity index (χ4v) is 4.00. The minimum atomic E-state index is -1.12. The molecule has 3 aromatic rings. The van der Waals surface area contributed by atoms with Crippen molar-refractivity contribution in [3.63, 3.8) is 0 Å². The smallest absolute Gasteiger partial charge is 0.255 e. The van der Waals surface area contributed by atoms with Gasteiger partial charge in [0, 0.05) is 29.5 Å². The number of nitrogens with zero attached hydrogens (tertiary/aromatic N) is 2. The summed E-state index contributed by atoms with van der Waals surface area (Å²) in [5.41, 5.74) is 2.30. The third-order valence-electron chi connectivity index (χ3n) is 5.33. The number of ether oxygens (including phenoxy) is 1. The van der Waals surface area contributed by atoms with Crippen molar-refractivity contribution in [1.29, 1.82) is 0 Å². The van der Waals surface area contributed by atoms with Crippen LogP contribution in [0.3, 0.4) is 0 Å². The van der Waals surface area contributed by atoms with E-state index in [0.29, 0.717) is 15.6 Å². The van der Waals surface area contributed by atoms with Gasteiger partial charge in [-0.2, -0.15) is 0 Å². The summed E-state index contributed by atoms with van der Waals surface area (Å²) in [6, 6.07) is 17.6. The lowest BCUT2D eigenvalue weighted by molar-refractivity contribution is -0.185. The molecular formula is C23H20Cl2N2O3. The predicted octanol–water partition coefficient (Wildman–Crippen LogP) is 4.76. The number of aliphatic hydroxyl groups excluding tert-OH is 1. The molecule has 1 amide bonds.